The van der Waals surface area contributed by atoms with Gasteiger partial charge < -0.3 is 0 Å². The molecule has 4 heteroatoms. The van der Waals surface area contributed by atoms with Crippen molar-refractivity contribution in [3.8, 4) is 0 Å². The van der Waals surface area contributed by atoms with Crippen molar-refractivity contribution in [2.45, 2.75) is 26.7 Å². The lowest BCUT2D eigenvalue weighted by Gasteiger charge is -1.96. The van der Waals surface area contributed by atoms with Gasteiger partial charge in [0.05, 0.1) is 4.91 Å². The molecule has 0 rings (SSSR count). The van der Waals surface area contributed by atoms with E-state index in [1.807, 2.05) is 6.92 Å². The van der Waals surface area contributed by atoms with E-state index in [1.54, 1.807) is 13.0 Å². The molecule has 0 saturated carbocycles. The molecule has 0 atom stereocenters. The smallest absolute Gasteiger partial charge is 0.207 e. The molecular formula is C6H11ClO2S. The topological polar surface area (TPSA) is 34.1 Å². The lowest BCUT2D eigenvalue weighted by molar-refractivity contribution is 0.613. The van der Waals surface area contributed by atoms with Crippen LogP contribution in [0.3, 0.4) is 0 Å². The Morgan fingerprint density at radius 3 is 2.10 bits per heavy atom. The molecule has 10 heavy (non-hydrogen) atoms. The first kappa shape index (κ1) is 9.98. The Morgan fingerprint density at radius 1 is 1.50 bits per heavy atom. The maximum atomic E-state index is 10.6. The van der Waals surface area contributed by atoms with Gasteiger partial charge in [-0.05, 0) is 12.8 Å². The van der Waals surface area contributed by atoms with Gasteiger partial charge in [0.2, 0.25) is 0 Å². The molecule has 0 aliphatic heterocycles. The van der Waals surface area contributed by atoms with Crippen LogP contribution in [-0.4, -0.2) is 8.42 Å². The summed E-state index contributed by atoms with van der Waals surface area (Å²) in [5.41, 5.74) is 0. The van der Waals surface area contributed by atoms with Gasteiger partial charge in [0, 0.05) is 10.7 Å². The zero-order valence-corrected chi connectivity index (χ0v) is 7.67. The Balaban J connectivity index is 4.54. The molecule has 0 aliphatic carbocycles. The van der Waals surface area contributed by atoms with Gasteiger partial charge in [-0.15, -0.1) is 0 Å². The molecule has 2 nitrogen and oxygen atoms in total. The van der Waals surface area contributed by atoms with Crippen LogP contribution in [-0.2, 0) is 9.05 Å². The zero-order valence-electron chi connectivity index (χ0n) is 6.09. The predicted octanol–water partition coefficient (Wildman–Crippen LogP) is 2.26. The molecule has 60 valence electrons. The first-order chi connectivity index (χ1) is 4.52. The molecule has 0 N–H and O–H groups in total. The summed E-state index contributed by atoms with van der Waals surface area (Å²) in [6.07, 6.45) is 2.80. The van der Waals surface area contributed by atoms with E-state index in [1.165, 1.54) is 0 Å². The third kappa shape index (κ3) is 3.22. The maximum Gasteiger partial charge on any atom is 0.257 e. The quantitative estimate of drug-likeness (QED) is 0.628. The third-order valence-electron chi connectivity index (χ3n) is 1.09. The van der Waals surface area contributed by atoms with E-state index in [0.29, 0.717) is 17.7 Å². The van der Waals surface area contributed by atoms with E-state index >= 15 is 0 Å². The minimum absolute atomic E-state index is 0.316. The fourth-order valence-corrected chi connectivity index (χ4v) is 1.87. The highest BCUT2D eigenvalue weighted by Crippen LogP contribution is 2.15. The molecule has 0 bridgehead atoms. The summed E-state index contributed by atoms with van der Waals surface area (Å²) in [4.78, 5) is 0.316. The summed E-state index contributed by atoms with van der Waals surface area (Å²) in [6.45, 7) is 3.64. The molecule has 0 radical (unpaired) electrons. The summed E-state index contributed by atoms with van der Waals surface area (Å²) in [6, 6.07) is 0. The molecule has 0 heterocycles. The minimum Gasteiger partial charge on any atom is -0.207 e. The third-order valence-corrected chi connectivity index (χ3v) is 2.77. The average Bonchev–Trinajstić information content (AvgIpc) is 1.80. The molecule has 0 fully saturated rings. The van der Waals surface area contributed by atoms with Crippen molar-refractivity contribution in [3.63, 3.8) is 0 Å². The van der Waals surface area contributed by atoms with E-state index in [9.17, 15) is 8.42 Å². The van der Waals surface area contributed by atoms with Gasteiger partial charge in [-0.25, -0.2) is 8.42 Å². The van der Waals surface area contributed by atoms with E-state index < -0.39 is 9.05 Å². The van der Waals surface area contributed by atoms with Crippen molar-refractivity contribution in [2.75, 3.05) is 0 Å². The molecule has 0 spiro atoms. The lowest BCUT2D eigenvalue weighted by atomic mass is 10.3. The van der Waals surface area contributed by atoms with Crippen molar-refractivity contribution in [2.24, 2.45) is 0 Å². The van der Waals surface area contributed by atoms with E-state index in [2.05, 4.69) is 0 Å². The van der Waals surface area contributed by atoms with Gasteiger partial charge in [-0.1, -0.05) is 19.9 Å². The van der Waals surface area contributed by atoms with Gasteiger partial charge in [-0.2, -0.15) is 0 Å². The van der Waals surface area contributed by atoms with Crippen LogP contribution in [0.4, 0.5) is 0 Å². The van der Waals surface area contributed by atoms with Crippen LogP contribution < -0.4 is 0 Å². The van der Waals surface area contributed by atoms with Gasteiger partial charge in [-0.3, -0.25) is 0 Å². The van der Waals surface area contributed by atoms with Crippen LogP contribution in [0.5, 0.6) is 0 Å². The second kappa shape index (κ2) is 3.98. The number of halogens is 1. The Morgan fingerprint density at radius 2 is 2.00 bits per heavy atom. The molecule has 0 aromatic heterocycles. The highest BCUT2D eigenvalue weighted by molar-refractivity contribution is 8.16. The van der Waals surface area contributed by atoms with Crippen LogP contribution >= 0.6 is 10.7 Å². The van der Waals surface area contributed by atoms with Crippen LogP contribution in [0.1, 0.15) is 26.7 Å². The number of rotatable bonds is 3. The van der Waals surface area contributed by atoms with Crippen molar-refractivity contribution >= 4 is 19.7 Å². The Kier molecular flexibility index (Phi) is 3.98. The molecule has 0 amide bonds. The summed E-state index contributed by atoms with van der Waals surface area (Å²) >= 11 is 0. The first-order valence-corrected chi connectivity index (χ1v) is 5.47. The molecule has 0 aromatic rings. The summed E-state index contributed by atoms with van der Waals surface area (Å²) in [5, 5.41) is 0. The Hall–Kier alpha value is -0.0200. The second-order valence-electron chi connectivity index (χ2n) is 1.87. The Bertz CT molecular complexity index is 216. The van der Waals surface area contributed by atoms with E-state index in [4.69, 9.17) is 10.7 Å². The molecule has 0 aliphatic rings. The fraction of sp³-hybridized carbons (Fsp3) is 0.667. The largest absolute Gasteiger partial charge is 0.257 e. The van der Waals surface area contributed by atoms with Gasteiger partial charge in [0.15, 0.2) is 0 Å². The Labute approximate surface area is 66.3 Å². The zero-order chi connectivity index (χ0) is 8.20. The molecule has 0 aromatic carbocycles. The van der Waals surface area contributed by atoms with Crippen LogP contribution in [0.25, 0.3) is 0 Å². The molecule has 0 unspecified atom stereocenters. The van der Waals surface area contributed by atoms with Crippen LogP contribution in [0.2, 0.25) is 0 Å². The van der Waals surface area contributed by atoms with Crippen molar-refractivity contribution < 1.29 is 8.42 Å². The van der Waals surface area contributed by atoms with Gasteiger partial charge in [0.1, 0.15) is 0 Å². The lowest BCUT2D eigenvalue weighted by Crippen LogP contribution is -1.92. The first-order valence-electron chi connectivity index (χ1n) is 3.16. The average molecular weight is 183 g/mol. The van der Waals surface area contributed by atoms with Crippen molar-refractivity contribution in [3.05, 3.63) is 11.0 Å². The summed E-state index contributed by atoms with van der Waals surface area (Å²) in [7, 11) is 1.64. The number of hydrogen-bond donors (Lipinski definition) is 0. The van der Waals surface area contributed by atoms with Crippen molar-refractivity contribution in [1.29, 1.82) is 0 Å². The minimum atomic E-state index is -3.44. The van der Waals surface area contributed by atoms with Gasteiger partial charge in [0.25, 0.3) is 9.05 Å². The number of allylic oxidation sites excluding steroid dienone is 2. The molecule has 0 saturated heterocycles. The number of hydrogen-bond acceptors (Lipinski definition) is 2. The van der Waals surface area contributed by atoms with E-state index in [0.717, 1.165) is 0 Å². The van der Waals surface area contributed by atoms with Crippen LogP contribution in [0.15, 0.2) is 11.0 Å². The SMILES string of the molecule is CC/C=C(\CC)S(=O)(=O)Cl. The van der Waals surface area contributed by atoms with Gasteiger partial charge >= 0.3 is 0 Å². The summed E-state index contributed by atoms with van der Waals surface area (Å²) in [5.74, 6) is 0. The highest BCUT2D eigenvalue weighted by Gasteiger charge is 2.09. The fourth-order valence-electron chi connectivity index (χ4n) is 0.644. The highest BCUT2D eigenvalue weighted by atomic mass is 35.7. The monoisotopic (exact) mass is 182 g/mol. The summed E-state index contributed by atoms with van der Waals surface area (Å²) < 4.78 is 21.3. The standard InChI is InChI=1S/C6H11ClO2S/c1-3-5-6(4-2)10(7,8)9/h5H,3-4H2,1-2H3/b6-5+. The predicted molar refractivity (Wildman–Crippen MR) is 43.4 cm³/mol. The van der Waals surface area contributed by atoms with Crippen molar-refractivity contribution in [1.82, 2.24) is 0 Å². The molecular weight excluding hydrogens is 172 g/mol. The van der Waals surface area contributed by atoms with E-state index in [-0.39, 0.29) is 0 Å². The normalized spacial score (nSPS) is 13.7. The maximum absolute atomic E-state index is 10.6. The second-order valence-corrected chi connectivity index (χ2v) is 4.49. The van der Waals surface area contributed by atoms with Crippen LogP contribution in [0, 0.1) is 0 Å².